The zero-order valence-electron chi connectivity index (χ0n) is 15.1. The van der Waals surface area contributed by atoms with Crippen LogP contribution >= 0.6 is 11.6 Å². The smallest absolute Gasteiger partial charge is 0.243 e. The highest BCUT2D eigenvalue weighted by molar-refractivity contribution is 7.89. The van der Waals surface area contributed by atoms with Gasteiger partial charge in [-0.3, -0.25) is 0 Å². The van der Waals surface area contributed by atoms with Gasteiger partial charge in [-0.25, -0.2) is 8.42 Å². The Labute approximate surface area is 163 Å². The molecule has 0 bridgehead atoms. The lowest BCUT2D eigenvalue weighted by Crippen LogP contribution is -2.36. The second-order valence-corrected chi connectivity index (χ2v) is 9.14. The number of aryl methyl sites for hydroxylation is 2. The number of fused-ring (bicyclic) bond motifs is 1. The molecule has 0 saturated carbocycles. The molecule has 0 N–H and O–H groups in total. The standard InChI is InChI=1S/C20H19ClN2O3S/c1-13-3-8-19(14(2)11-13)27(24,25)23-10-9-17-18(12-23)22-26-20(17)15-4-6-16(21)7-5-15/h3-8,11H,9-10,12H2,1-2H3. The molecule has 2 heterocycles. The summed E-state index contributed by atoms with van der Waals surface area (Å²) in [6, 6.07) is 12.7. The summed E-state index contributed by atoms with van der Waals surface area (Å²) in [5, 5.41) is 4.79. The third-order valence-corrected chi connectivity index (χ3v) is 7.12. The van der Waals surface area contributed by atoms with Gasteiger partial charge >= 0.3 is 0 Å². The molecular weight excluding hydrogens is 384 g/mol. The normalized spacial score (nSPS) is 14.9. The number of nitrogens with zero attached hydrogens (tertiary/aromatic N) is 2. The molecule has 1 aromatic heterocycles. The van der Waals surface area contributed by atoms with Gasteiger partial charge in [-0.05, 0) is 56.2 Å². The minimum absolute atomic E-state index is 0.210. The number of hydrogen-bond donors (Lipinski definition) is 0. The summed E-state index contributed by atoms with van der Waals surface area (Å²) in [6.45, 7) is 4.38. The fourth-order valence-corrected chi connectivity index (χ4v) is 5.20. The van der Waals surface area contributed by atoms with E-state index < -0.39 is 10.0 Å². The Bertz CT molecular complexity index is 1100. The molecule has 1 aliphatic rings. The van der Waals surface area contributed by atoms with E-state index in [1.54, 1.807) is 18.2 Å². The van der Waals surface area contributed by atoms with Gasteiger partial charge in [0, 0.05) is 22.7 Å². The van der Waals surface area contributed by atoms with E-state index in [0.717, 1.165) is 22.3 Å². The Morgan fingerprint density at radius 3 is 2.56 bits per heavy atom. The van der Waals surface area contributed by atoms with E-state index in [1.807, 2.05) is 38.1 Å². The van der Waals surface area contributed by atoms with Crippen molar-refractivity contribution in [2.45, 2.75) is 31.7 Å². The molecule has 0 saturated heterocycles. The largest absolute Gasteiger partial charge is 0.356 e. The van der Waals surface area contributed by atoms with Crippen LogP contribution in [0, 0.1) is 13.8 Å². The lowest BCUT2D eigenvalue weighted by Gasteiger charge is -2.26. The number of halogens is 1. The summed E-state index contributed by atoms with van der Waals surface area (Å²) in [7, 11) is -3.58. The van der Waals surface area contributed by atoms with Crippen molar-refractivity contribution in [1.29, 1.82) is 0 Å². The highest BCUT2D eigenvalue weighted by Crippen LogP contribution is 2.33. The molecule has 27 heavy (non-hydrogen) atoms. The van der Waals surface area contributed by atoms with Gasteiger partial charge in [0.25, 0.3) is 0 Å². The topological polar surface area (TPSA) is 63.4 Å². The van der Waals surface area contributed by atoms with E-state index in [0.29, 0.717) is 34.3 Å². The molecule has 0 amide bonds. The lowest BCUT2D eigenvalue weighted by molar-refractivity contribution is 0.370. The molecule has 4 rings (SSSR count). The Hall–Kier alpha value is -2.15. The van der Waals surface area contributed by atoms with Crippen LogP contribution in [0.3, 0.4) is 0 Å². The van der Waals surface area contributed by atoms with Gasteiger partial charge in [0.15, 0.2) is 5.76 Å². The van der Waals surface area contributed by atoms with Crippen LogP contribution in [0.1, 0.15) is 22.4 Å². The van der Waals surface area contributed by atoms with Crippen molar-refractivity contribution in [2.75, 3.05) is 6.54 Å². The van der Waals surface area contributed by atoms with Crippen molar-refractivity contribution in [2.24, 2.45) is 0 Å². The van der Waals surface area contributed by atoms with E-state index >= 15 is 0 Å². The van der Waals surface area contributed by atoms with Crippen molar-refractivity contribution in [1.82, 2.24) is 9.46 Å². The highest BCUT2D eigenvalue weighted by atomic mass is 35.5. The number of hydrogen-bond acceptors (Lipinski definition) is 4. The second-order valence-electron chi connectivity index (χ2n) is 6.80. The Morgan fingerprint density at radius 1 is 1.11 bits per heavy atom. The van der Waals surface area contributed by atoms with Crippen molar-refractivity contribution in [3.8, 4) is 11.3 Å². The number of aromatic nitrogens is 1. The minimum Gasteiger partial charge on any atom is -0.356 e. The predicted octanol–water partition coefficient (Wildman–Crippen LogP) is 4.36. The maximum Gasteiger partial charge on any atom is 0.243 e. The average Bonchev–Trinajstić information content (AvgIpc) is 3.05. The Balaban J connectivity index is 1.65. The van der Waals surface area contributed by atoms with Crippen molar-refractivity contribution in [3.63, 3.8) is 0 Å². The molecule has 0 fully saturated rings. The van der Waals surface area contributed by atoms with E-state index in [9.17, 15) is 8.42 Å². The minimum atomic E-state index is -3.58. The van der Waals surface area contributed by atoms with Gasteiger partial charge in [-0.1, -0.05) is 34.5 Å². The third-order valence-electron chi connectivity index (χ3n) is 4.86. The van der Waals surface area contributed by atoms with Crippen molar-refractivity contribution in [3.05, 3.63) is 69.9 Å². The molecular formula is C20H19ClN2O3S. The summed E-state index contributed by atoms with van der Waals surface area (Å²) in [4.78, 5) is 0.345. The Morgan fingerprint density at radius 2 is 1.85 bits per heavy atom. The molecule has 3 aromatic rings. The maximum absolute atomic E-state index is 13.1. The first kappa shape index (κ1) is 18.2. The van der Waals surface area contributed by atoms with E-state index in [1.165, 1.54) is 4.31 Å². The molecule has 0 atom stereocenters. The van der Waals surface area contributed by atoms with Gasteiger partial charge in [0.2, 0.25) is 10.0 Å². The number of rotatable bonds is 3. The average molecular weight is 403 g/mol. The van der Waals surface area contributed by atoms with Crippen LogP contribution in [0.5, 0.6) is 0 Å². The number of sulfonamides is 1. The zero-order chi connectivity index (χ0) is 19.2. The first-order valence-corrected chi connectivity index (χ1v) is 10.5. The van der Waals surface area contributed by atoms with Crippen LogP contribution in [0.4, 0.5) is 0 Å². The van der Waals surface area contributed by atoms with Crippen LogP contribution in [0.15, 0.2) is 51.9 Å². The summed E-state index contributed by atoms with van der Waals surface area (Å²) < 4.78 is 33.2. The summed E-state index contributed by atoms with van der Waals surface area (Å²) >= 11 is 5.95. The highest BCUT2D eigenvalue weighted by Gasteiger charge is 2.33. The number of benzene rings is 2. The van der Waals surface area contributed by atoms with Gasteiger partial charge in [-0.15, -0.1) is 0 Å². The molecule has 5 nitrogen and oxygen atoms in total. The molecule has 0 unspecified atom stereocenters. The first-order chi connectivity index (χ1) is 12.9. The molecule has 0 spiro atoms. The lowest BCUT2D eigenvalue weighted by atomic mass is 10.0. The summed E-state index contributed by atoms with van der Waals surface area (Å²) in [5.41, 5.74) is 4.31. The van der Waals surface area contributed by atoms with Gasteiger partial charge < -0.3 is 4.52 Å². The summed E-state index contributed by atoms with van der Waals surface area (Å²) in [6.07, 6.45) is 0.556. The van der Waals surface area contributed by atoms with Crippen molar-refractivity contribution < 1.29 is 12.9 Å². The quantitative estimate of drug-likeness (QED) is 0.653. The molecule has 1 aliphatic heterocycles. The SMILES string of the molecule is Cc1ccc(S(=O)(=O)N2CCc3c(noc3-c3ccc(Cl)cc3)C2)c(C)c1. The summed E-state index contributed by atoms with van der Waals surface area (Å²) in [5.74, 6) is 0.685. The fourth-order valence-electron chi connectivity index (χ4n) is 3.47. The molecule has 7 heteroatoms. The van der Waals surface area contributed by atoms with Crippen LogP contribution in [0.25, 0.3) is 11.3 Å². The van der Waals surface area contributed by atoms with Crippen LogP contribution in [-0.4, -0.2) is 24.4 Å². The predicted molar refractivity (Wildman–Crippen MR) is 104 cm³/mol. The van der Waals surface area contributed by atoms with Gasteiger partial charge in [0.05, 0.1) is 11.4 Å². The van der Waals surface area contributed by atoms with E-state index in [2.05, 4.69) is 5.16 Å². The molecule has 0 aliphatic carbocycles. The fraction of sp³-hybridized carbons (Fsp3) is 0.250. The zero-order valence-corrected chi connectivity index (χ0v) is 16.6. The van der Waals surface area contributed by atoms with Gasteiger partial charge in [-0.2, -0.15) is 4.31 Å². The van der Waals surface area contributed by atoms with Gasteiger partial charge in [0.1, 0.15) is 5.69 Å². The maximum atomic E-state index is 13.1. The van der Waals surface area contributed by atoms with E-state index in [4.69, 9.17) is 16.1 Å². The molecule has 0 radical (unpaired) electrons. The molecule has 140 valence electrons. The van der Waals surface area contributed by atoms with Crippen LogP contribution in [-0.2, 0) is 23.0 Å². The first-order valence-electron chi connectivity index (χ1n) is 8.67. The van der Waals surface area contributed by atoms with Crippen LogP contribution in [0.2, 0.25) is 5.02 Å². The van der Waals surface area contributed by atoms with Crippen LogP contribution < -0.4 is 0 Å². The third kappa shape index (κ3) is 3.29. The Kier molecular flexibility index (Phi) is 4.58. The monoisotopic (exact) mass is 402 g/mol. The molecule has 2 aromatic carbocycles. The second kappa shape index (κ2) is 6.78. The van der Waals surface area contributed by atoms with E-state index in [-0.39, 0.29) is 6.54 Å². The van der Waals surface area contributed by atoms with Crippen molar-refractivity contribution >= 4 is 21.6 Å².